The molecule has 3 rings (SSSR count). The van der Waals surface area contributed by atoms with Gasteiger partial charge in [0.25, 0.3) is 0 Å². The van der Waals surface area contributed by atoms with Crippen LogP contribution in [0.5, 0.6) is 17.2 Å². The summed E-state index contributed by atoms with van der Waals surface area (Å²) >= 11 is 0. The van der Waals surface area contributed by atoms with E-state index in [1.807, 2.05) is 27.7 Å². The Labute approximate surface area is 232 Å². The number of rotatable bonds is 13. The fourth-order valence-electron chi connectivity index (χ4n) is 4.41. The maximum absolute atomic E-state index is 10.7. The van der Waals surface area contributed by atoms with Crippen LogP contribution in [-0.4, -0.2) is 136 Å². The summed E-state index contributed by atoms with van der Waals surface area (Å²) in [5, 5.41) is 70.6. The topological polar surface area (TPSA) is 206 Å². The van der Waals surface area contributed by atoms with E-state index < -0.39 is 74.6 Å². The maximum atomic E-state index is 10.7. The first kappa shape index (κ1) is 32.7. The van der Waals surface area contributed by atoms with Crippen LogP contribution in [0.15, 0.2) is 18.2 Å². The predicted octanol–water partition coefficient (Wildman–Crippen LogP) is -1.72. The van der Waals surface area contributed by atoms with Crippen LogP contribution < -0.4 is 14.2 Å². The lowest BCUT2D eigenvalue weighted by atomic mass is 9.97. The molecule has 0 bridgehead atoms. The second-order valence-electron chi connectivity index (χ2n) is 10.2. The molecule has 0 amide bonds. The third kappa shape index (κ3) is 8.36. The molecule has 2 aliphatic rings. The zero-order chi connectivity index (χ0) is 29.6. The lowest BCUT2D eigenvalue weighted by Gasteiger charge is -2.46. The van der Waals surface area contributed by atoms with Crippen molar-refractivity contribution >= 4 is 0 Å². The molecule has 230 valence electrons. The largest absolute Gasteiger partial charge is 0.491 e. The lowest BCUT2D eigenvalue weighted by molar-refractivity contribution is -0.357. The molecule has 1 aromatic carbocycles. The van der Waals surface area contributed by atoms with E-state index >= 15 is 0 Å². The summed E-state index contributed by atoms with van der Waals surface area (Å²) in [6, 6.07) is 5.16. The Morgan fingerprint density at radius 2 is 1.20 bits per heavy atom. The number of aliphatic hydroxyl groups is 7. The predicted molar refractivity (Wildman–Crippen MR) is 136 cm³/mol. The van der Waals surface area contributed by atoms with Gasteiger partial charge in [-0.3, -0.25) is 0 Å². The van der Waals surface area contributed by atoms with Gasteiger partial charge in [-0.1, -0.05) is 0 Å². The average molecular weight is 579 g/mol. The van der Waals surface area contributed by atoms with Gasteiger partial charge in [0.05, 0.1) is 32.0 Å². The summed E-state index contributed by atoms with van der Waals surface area (Å²) in [6.07, 6.45) is -15.3. The first-order chi connectivity index (χ1) is 18.9. The minimum atomic E-state index is -1.76. The first-order valence-electron chi connectivity index (χ1n) is 13.3. The molecule has 0 saturated carbocycles. The highest BCUT2D eigenvalue weighted by atomic mass is 16.7. The SMILES string of the molecule is CC(C)Oc1cc(OCCO[C@H]2[C@H](O)[C@@H](O)[C@@H](O[C@H]3[C@H](O)[C@@H](O)C(O)O[C@@H]3CO)O[C@@H]2CO)cc(OC(C)C)c1. The van der Waals surface area contributed by atoms with Gasteiger partial charge in [-0.25, -0.2) is 0 Å². The van der Waals surface area contributed by atoms with E-state index in [0.717, 1.165) is 0 Å². The second-order valence-corrected chi connectivity index (χ2v) is 10.2. The quantitative estimate of drug-likeness (QED) is 0.130. The summed E-state index contributed by atoms with van der Waals surface area (Å²) in [4.78, 5) is 0. The molecule has 14 nitrogen and oxygen atoms in total. The van der Waals surface area contributed by atoms with Crippen LogP contribution in [0.25, 0.3) is 0 Å². The van der Waals surface area contributed by atoms with Crippen LogP contribution in [-0.2, 0) is 18.9 Å². The van der Waals surface area contributed by atoms with Crippen molar-refractivity contribution in [3.63, 3.8) is 0 Å². The fourth-order valence-corrected chi connectivity index (χ4v) is 4.41. The van der Waals surface area contributed by atoms with Gasteiger partial charge in [0.2, 0.25) is 0 Å². The highest BCUT2D eigenvalue weighted by molar-refractivity contribution is 5.42. The average Bonchev–Trinajstić information content (AvgIpc) is 2.89. The minimum absolute atomic E-state index is 0.0354. The van der Waals surface area contributed by atoms with Crippen LogP contribution in [0, 0.1) is 0 Å². The van der Waals surface area contributed by atoms with Crippen molar-refractivity contribution in [2.75, 3.05) is 26.4 Å². The summed E-state index contributed by atoms with van der Waals surface area (Å²) in [6.45, 7) is 6.26. The summed E-state index contributed by atoms with van der Waals surface area (Å²) in [7, 11) is 0. The van der Waals surface area contributed by atoms with E-state index in [1.54, 1.807) is 18.2 Å². The van der Waals surface area contributed by atoms with E-state index in [1.165, 1.54) is 0 Å². The van der Waals surface area contributed by atoms with Crippen molar-refractivity contribution in [3.05, 3.63) is 18.2 Å². The minimum Gasteiger partial charge on any atom is -0.491 e. The van der Waals surface area contributed by atoms with Gasteiger partial charge in [0, 0.05) is 18.2 Å². The summed E-state index contributed by atoms with van der Waals surface area (Å²) in [5.41, 5.74) is 0. The number of ether oxygens (including phenoxy) is 7. The zero-order valence-corrected chi connectivity index (χ0v) is 23.0. The van der Waals surface area contributed by atoms with Gasteiger partial charge < -0.3 is 68.9 Å². The Balaban J connectivity index is 1.59. The van der Waals surface area contributed by atoms with E-state index in [2.05, 4.69) is 0 Å². The van der Waals surface area contributed by atoms with Gasteiger partial charge >= 0.3 is 0 Å². The molecule has 40 heavy (non-hydrogen) atoms. The molecule has 2 fully saturated rings. The van der Waals surface area contributed by atoms with Crippen LogP contribution >= 0.6 is 0 Å². The monoisotopic (exact) mass is 578 g/mol. The summed E-state index contributed by atoms with van der Waals surface area (Å²) in [5.74, 6) is 1.59. The first-order valence-corrected chi connectivity index (χ1v) is 13.3. The van der Waals surface area contributed by atoms with E-state index in [9.17, 15) is 35.7 Å². The lowest BCUT2D eigenvalue weighted by Crippen LogP contribution is -2.64. The van der Waals surface area contributed by atoms with Crippen molar-refractivity contribution in [2.24, 2.45) is 0 Å². The highest BCUT2D eigenvalue weighted by Crippen LogP contribution is 2.31. The molecule has 1 unspecified atom stereocenters. The van der Waals surface area contributed by atoms with Gasteiger partial charge in [0.15, 0.2) is 12.6 Å². The number of benzene rings is 1. The normalized spacial score (nSPS) is 34.7. The van der Waals surface area contributed by atoms with E-state index in [0.29, 0.717) is 17.2 Å². The molecular formula is C26H42O14. The maximum Gasteiger partial charge on any atom is 0.187 e. The molecule has 14 heteroatoms. The molecule has 7 N–H and O–H groups in total. The van der Waals surface area contributed by atoms with Gasteiger partial charge in [-0.15, -0.1) is 0 Å². The van der Waals surface area contributed by atoms with Crippen LogP contribution in [0.3, 0.4) is 0 Å². The summed E-state index contributed by atoms with van der Waals surface area (Å²) < 4.78 is 39.1. The molecule has 2 aliphatic heterocycles. The van der Waals surface area contributed by atoms with Crippen molar-refractivity contribution < 1.29 is 68.9 Å². The Morgan fingerprint density at radius 1 is 0.675 bits per heavy atom. The molecule has 0 radical (unpaired) electrons. The van der Waals surface area contributed by atoms with Crippen molar-refractivity contribution in [3.8, 4) is 17.2 Å². The molecule has 1 aromatic rings. The van der Waals surface area contributed by atoms with E-state index in [-0.39, 0.29) is 25.4 Å². The standard InChI is InChI=1S/C26H42O14/c1-12(2)36-15-7-14(8-16(9-15)37-13(3)4)34-5-6-35-23-17(10-27)39-26(22(32)20(23)30)40-24-18(11-28)38-25(33)21(31)19(24)29/h7-9,12-13,17-33H,5-6,10-11H2,1-4H3/t17-,18-,19-,20-,21-,22-,23-,24-,25?,26-/m1/s1. The molecule has 2 saturated heterocycles. The highest BCUT2D eigenvalue weighted by Gasteiger charge is 2.50. The molecular weight excluding hydrogens is 536 g/mol. The number of hydrogen-bond acceptors (Lipinski definition) is 14. The van der Waals surface area contributed by atoms with Crippen LogP contribution in [0.2, 0.25) is 0 Å². The molecule has 0 spiro atoms. The van der Waals surface area contributed by atoms with Crippen LogP contribution in [0.1, 0.15) is 27.7 Å². The van der Waals surface area contributed by atoms with Gasteiger partial charge in [0.1, 0.15) is 72.7 Å². The number of aliphatic hydroxyl groups excluding tert-OH is 7. The van der Waals surface area contributed by atoms with Crippen LogP contribution in [0.4, 0.5) is 0 Å². The van der Waals surface area contributed by atoms with E-state index in [4.69, 9.17) is 33.2 Å². The molecule has 10 atom stereocenters. The Bertz CT molecular complexity index is 868. The number of hydrogen-bond donors (Lipinski definition) is 7. The zero-order valence-electron chi connectivity index (χ0n) is 23.0. The third-order valence-corrected chi connectivity index (χ3v) is 6.21. The molecule has 2 heterocycles. The molecule has 0 aromatic heterocycles. The smallest absolute Gasteiger partial charge is 0.187 e. The second kappa shape index (κ2) is 14.9. The van der Waals surface area contributed by atoms with Crippen molar-refractivity contribution in [1.29, 1.82) is 0 Å². The Morgan fingerprint density at radius 3 is 1.75 bits per heavy atom. The van der Waals surface area contributed by atoms with Gasteiger partial charge in [-0.05, 0) is 27.7 Å². The Kier molecular flexibility index (Phi) is 12.2. The van der Waals surface area contributed by atoms with Gasteiger partial charge in [-0.2, -0.15) is 0 Å². The molecule has 0 aliphatic carbocycles. The third-order valence-electron chi connectivity index (χ3n) is 6.21. The van der Waals surface area contributed by atoms with Crippen molar-refractivity contribution in [2.45, 2.75) is 101 Å². The fraction of sp³-hybridized carbons (Fsp3) is 0.769. The van der Waals surface area contributed by atoms with Crippen molar-refractivity contribution in [1.82, 2.24) is 0 Å². The Hall–Kier alpha value is -1.82.